The molecular weight excluding hydrogens is 426 g/mol. The maximum absolute atomic E-state index is 13.2. The molecule has 3 aromatic rings. The molecule has 1 atom stereocenters. The van der Waals surface area contributed by atoms with Gasteiger partial charge in [-0.15, -0.1) is 11.3 Å². The number of aryl methyl sites for hydroxylation is 1. The van der Waals surface area contributed by atoms with Gasteiger partial charge >= 0.3 is 5.97 Å². The molecule has 1 fully saturated rings. The van der Waals surface area contributed by atoms with Gasteiger partial charge in [-0.3, -0.25) is 9.59 Å². The van der Waals surface area contributed by atoms with Crippen molar-refractivity contribution in [2.24, 2.45) is 5.92 Å². The number of rotatable bonds is 5. The van der Waals surface area contributed by atoms with Crippen molar-refractivity contribution >= 4 is 34.0 Å². The lowest BCUT2D eigenvalue weighted by Gasteiger charge is -2.17. The number of Topliss-reactive ketones (excluding diaryl/α,β-unsaturated/α-hetero) is 1. The van der Waals surface area contributed by atoms with Crippen LogP contribution in [0.1, 0.15) is 64.7 Å². The molecule has 0 radical (unpaired) electrons. The van der Waals surface area contributed by atoms with Gasteiger partial charge in [0.15, 0.2) is 11.5 Å². The third-order valence-electron chi connectivity index (χ3n) is 6.38. The van der Waals surface area contributed by atoms with Crippen LogP contribution >= 0.6 is 11.3 Å². The zero-order valence-corrected chi connectivity index (χ0v) is 19.2. The molecule has 7 heteroatoms. The molecule has 166 valence electrons. The zero-order valence-electron chi connectivity index (χ0n) is 18.4. The van der Waals surface area contributed by atoms with Crippen LogP contribution in [0.15, 0.2) is 29.2 Å². The summed E-state index contributed by atoms with van der Waals surface area (Å²) in [5.74, 6) is 0.240. The van der Waals surface area contributed by atoms with E-state index in [0.717, 1.165) is 46.6 Å². The molecule has 0 N–H and O–H groups in total. The Morgan fingerprint density at radius 3 is 2.66 bits per heavy atom. The van der Waals surface area contributed by atoms with Crippen LogP contribution in [0.5, 0.6) is 5.75 Å². The summed E-state index contributed by atoms with van der Waals surface area (Å²) >= 11 is 1.62. The van der Waals surface area contributed by atoms with Crippen LogP contribution in [0.3, 0.4) is 0 Å². The molecule has 1 saturated carbocycles. The van der Waals surface area contributed by atoms with Crippen LogP contribution in [0, 0.1) is 5.92 Å². The highest BCUT2D eigenvalue weighted by Gasteiger charge is 2.31. The Labute approximate surface area is 189 Å². The number of esters is 1. The van der Waals surface area contributed by atoms with Gasteiger partial charge in [0.05, 0.1) is 24.6 Å². The second-order valence-corrected chi connectivity index (χ2v) is 9.66. The van der Waals surface area contributed by atoms with Gasteiger partial charge in [-0.2, -0.15) is 0 Å². The molecule has 0 bridgehead atoms. The van der Waals surface area contributed by atoms with Gasteiger partial charge in [-0.25, -0.2) is 4.79 Å². The largest absolute Gasteiger partial charge is 0.494 e. The van der Waals surface area contributed by atoms with Crippen LogP contribution in [0.25, 0.3) is 21.3 Å². The number of thiophene rings is 1. The SMILES string of the molecule is CCOC(=O)c1cn(C2CC2)c2c(OC)c(-c3cc4c(s3)CCC(C)C4=O)ccc2c1=O. The normalized spacial score (nSPS) is 18.0. The lowest BCUT2D eigenvalue weighted by molar-refractivity contribution is 0.0524. The Morgan fingerprint density at radius 2 is 1.97 bits per heavy atom. The van der Waals surface area contributed by atoms with E-state index in [1.54, 1.807) is 37.6 Å². The molecule has 1 unspecified atom stereocenters. The first-order valence-corrected chi connectivity index (χ1v) is 11.9. The van der Waals surface area contributed by atoms with E-state index in [1.807, 2.05) is 23.6 Å². The quantitative estimate of drug-likeness (QED) is 0.510. The smallest absolute Gasteiger partial charge is 0.343 e. The summed E-state index contributed by atoms with van der Waals surface area (Å²) in [5, 5.41) is 0.439. The predicted octanol–water partition coefficient (Wildman–Crippen LogP) is 5.02. The van der Waals surface area contributed by atoms with Crippen molar-refractivity contribution in [1.82, 2.24) is 4.57 Å². The Hall–Kier alpha value is -2.93. The summed E-state index contributed by atoms with van der Waals surface area (Å²) in [6.07, 6.45) is 5.36. The molecule has 1 aromatic carbocycles. The Balaban J connectivity index is 1.74. The third kappa shape index (κ3) is 3.26. The first-order chi connectivity index (χ1) is 15.4. The number of carbonyl (C=O) groups excluding carboxylic acids is 2. The molecule has 2 aliphatic carbocycles. The number of carbonyl (C=O) groups is 2. The second kappa shape index (κ2) is 7.89. The lowest BCUT2D eigenvalue weighted by atomic mass is 9.88. The fourth-order valence-electron chi connectivity index (χ4n) is 4.51. The Morgan fingerprint density at radius 1 is 1.19 bits per heavy atom. The minimum Gasteiger partial charge on any atom is -0.494 e. The number of methoxy groups -OCH3 is 1. The van der Waals surface area contributed by atoms with Crippen LogP contribution in [-0.4, -0.2) is 30.0 Å². The standard InChI is InChI=1S/C25H25NO5S/c1-4-31-25(29)18-12-26(14-6-7-14)21-16(23(18)28)9-8-15(24(21)30-3)20-11-17-19(32-20)10-5-13(2)22(17)27/h8-9,11-14H,4-7,10H2,1-3H3. The van der Waals surface area contributed by atoms with E-state index in [0.29, 0.717) is 16.7 Å². The van der Waals surface area contributed by atoms with Crippen molar-refractivity contribution in [3.05, 3.63) is 50.6 Å². The van der Waals surface area contributed by atoms with Crippen LogP contribution < -0.4 is 10.2 Å². The molecule has 0 spiro atoms. The molecule has 0 aliphatic heterocycles. The van der Waals surface area contributed by atoms with Crippen molar-refractivity contribution in [3.8, 4) is 16.2 Å². The molecule has 2 aromatic heterocycles. The predicted molar refractivity (Wildman–Crippen MR) is 124 cm³/mol. The number of ether oxygens (including phenoxy) is 2. The first-order valence-electron chi connectivity index (χ1n) is 11.0. The van der Waals surface area contributed by atoms with E-state index in [1.165, 1.54) is 0 Å². The van der Waals surface area contributed by atoms with Crippen molar-refractivity contribution in [2.45, 2.75) is 45.6 Å². The van der Waals surface area contributed by atoms with Crippen molar-refractivity contribution in [3.63, 3.8) is 0 Å². The number of aromatic nitrogens is 1. The van der Waals surface area contributed by atoms with Gasteiger partial charge in [-0.05, 0) is 50.8 Å². The van der Waals surface area contributed by atoms with E-state index in [9.17, 15) is 14.4 Å². The van der Waals surface area contributed by atoms with Crippen LogP contribution in [0.2, 0.25) is 0 Å². The number of benzene rings is 1. The van der Waals surface area contributed by atoms with Gasteiger partial charge in [0.2, 0.25) is 5.43 Å². The van der Waals surface area contributed by atoms with Crippen LogP contribution in [0.4, 0.5) is 0 Å². The van der Waals surface area contributed by atoms with Gasteiger partial charge in [0, 0.05) is 39.0 Å². The fraction of sp³-hybridized carbons (Fsp3) is 0.400. The molecule has 2 heterocycles. The number of fused-ring (bicyclic) bond motifs is 2. The summed E-state index contributed by atoms with van der Waals surface area (Å²) in [5.41, 5.74) is 2.05. The Bertz CT molecular complexity index is 1310. The zero-order chi connectivity index (χ0) is 22.6. The molecule has 6 nitrogen and oxygen atoms in total. The second-order valence-electron chi connectivity index (χ2n) is 8.52. The summed E-state index contributed by atoms with van der Waals surface area (Å²) in [6, 6.07) is 5.81. The molecule has 5 rings (SSSR count). The van der Waals surface area contributed by atoms with E-state index < -0.39 is 5.97 Å². The number of hydrogen-bond donors (Lipinski definition) is 0. The monoisotopic (exact) mass is 451 g/mol. The average Bonchev–Trinajstić information content (AvgIpc) is 3.54. The minimum atomic E-state index is -0.601. The van der Waals surface area contributed by atoms with Gasteiger partial charge in [0.25, 0.3) is 0 Å². The fourth-order valence-corrected chi connectivity index (χ4v) is 5.72. The average molecular weight is 452 g/mol. The number of pyridine rings is 1. The van der Waals surface area contributed by atoms with Gasteiger partial charge in [0.1, 0.15) is 5.56 Å². The summed E-state index contributed by atoms with van der Waals surface area (Å²) < 4.78 is 13.0. The first kappa shape index (κ1) is 20.9. The van der Waals surface area contributed by atoms with Crippen molar-refractivity contribution in [1.29, 1.82) is 0 Å². The number of hydrogen-bond acceptors (Lipinski definition) is 6. The highest BCUT2D eigenvalue weighted by Crippen LogP contribution is 2.45. The van der Waals surface area contributed by atoms with Gasteiger partial charge < -0.3 is 14.0 Å². The van der Waals surface area contributed by atoms with Crippen molar-refractivity contribution in [2.75, 3.05) is 13.7 Å². The lowest BCUT2D eigenvalue weighted by Crippen LogP contribution is -2.21. The minimum absolute atomic E-state index is 0.0461. The number of nitrogens with zero attached hydrogens (tertiary/aromatic N) is 1. The highest BCUT2D eigenvalue weighted by atomic mass is 32.1. The highest BCUT2D eigenvalue weighted by molar-refractivity contribution is 7.16. The van der Waals surface area contributed by atoms with Crippen molar-refractivity contribution < 1.29 is 19.1 Å². The molecule has 2 aliphatic rings. The maximum Gasteiger partial charge on any atom is 0.343 e. The Kier molecular flexibility index (Phi) is 5.16. The third-order valence-corrected chi connectivity index (χ3v) is 7.61. The van der Waals surface area contributed by atoms with Gasteiger partial charge in [-0.1, -0.05) is 6.92 Å². The molecular formula is C25H25NO5S. The van der Waals surface area contributed by atoms with E-state index in [-0.39, 0.29) is 35.3 Å². The summed E-state index contributed by atoms with van der Waals surface area (Å²) in [4.78, 5) is 40.3. The van der Waals surface area contributed by atoms with E-state index >= 15 is 0 Å². The van der Waals surface area contributed by atoms with Crippen LogP contribution in [-0.2, 0) is 11.2 Å². The molecule has 0 amide bonds. The molecule has 0 saturated heterocycles. The topological polar surface area (TPSA) is 74.6 Å². The number of ketones is 1. The maximum atomic E-state index is 13.2. The molecule has 32 heavy (non-hydrogen) atoms. The summed E-state index contributed by atoms with van der Waals surface area (Å²) in [6.45, 7) is 3.91. The van der Waals surface area contributed by atoms with E-state index in [2.05, 4.69) is 0 Å². The van der Waals surface area contributed by atoms with E-state index in [4.69, 9.17) is 9.47 Å². The summed E-state index contributed by atoms with van der Waals surface area (Å²) in [7, 11) is 1.60.